The minimum atomic E-state index is -0.0598. The van der Waals surface area contributed by atoms with Gasteiger partial charge < -0.3 is 19.7 Å². The SMILES string of the molecule is COc1cc(C#N)ccc1OCCN1CCNC1=O. The molecule has 0 spiro atoms. The third-order valence-electron chi connectivity index (χ3n) is 2.86. The Bertz CT molecular complexity index is 510. The largest absolute Gasteiger partial charge is 0.493 e. The van der Waals surface area contributed by atoms with Gasteiger partial charge in [-0.15, -0.1) is 0 Å². The number of nitriles is 1. The van der Waals surface area contributed by atoms with Crippen molar-refractivity contribution in [3.63, 3.8) is 0 Å². The Labute approximate surface area is 111 Å². The van der Waals surface area contributed by atoms with Crippen LogP contribution < -0.4 is 14.8 Å². The van der Waals surface area contributed by atoms with Gasteiger partial charge in [-0.05, 0) is 12.1 Å². The first-order valence-corrected chi connectivity index (χ1v) is 5.98. The molecule has 0 atom stereocenters. The molecule has 0 aromatic heterocycles. The van der Waals surface area contributed by atoms with E-state index in [9.17, 15) is 4.79 Å². The van der Waals surface area contributed by atoms with Gasteiger partial charge >= 0.3 is 6.03 Å². The van der Waals surface area contributed by atoms with Gasteiger partial charge in [0.2, 0.25) is 0 Å². The van der Waals surface area contributed by atoms with E-state index in [1.807, 2.05) is 6.07 Å². The van der Waals surface area contributed by atoms with Gasteiger partial charge in [0.15, 0.2) is 11.5 Å². The van der Waals surface area contributed by atoms with Crippen LogP contribution in [0.15, 0.2) is 18.2 Å². The summed E-state index contributed by atoms with van der Waals surface area (Å²) in [5.41, 5.74) is 0.517. The second-order valence-corrected chi connectivity index (χ2v) is 4.04. The zero-order valence-electron chi connectivity index (χ0n) is 10.7. The number of methoxy groups -OCH3 is 1. The molecule has 1 aromatic rings. The molecular weight excluding hydrogens is 246 g/mol. The predicted molar refractivity (Wildman–Crippen MR) is 68.2 cm³/mol. The Hall–Kier alpha value is -2.42. The van der Waals surface area contributed by atoms with Gasteiger partial charge in [0.05, 0.1) is 25.3 Å². The maximum atomic E-state index is 11.3. The average Bonchev–Trinajstić information content (AvgIpc) is 2.84. The number of nitrogens with one attached hydrogen (secondary N) is 1. The van der Waals surface area contributed by atoms with E-state index in [-0.39, 0.29) is 6.03 Å². The molecule has 0 unspecified atom stereocenters. The van der Waals surface area contributed by atoms with Gasteiger partial charge in [-0.2, -0.15) is 5.26 Å². The highest BCUT2D eigenvalue weighted by atomic mass is 16.5. The van der Waals surface area contributed by atoms with Crippen molar-refractivity contribution < 1.29 is 14.3 Å². The van der Waals surface area contributed by atoms with Crippen molar-refractivity contribution in [2.45, 2.75) is 0 Å². The van der Waals surface area contributed by atoms with E-state index in [2.05, 4.69) is 5.32 Å². The lowest BCUT2D eigenvalue weighted by molar-refractivity contribution is 0.201. The first-order valence-electron chi connectivity index (χ1n) is 5.98. The Morgan fingerprint density at radius 3 is 2.95 bits per heavy atom. The third kappa shape index (κ3) is 3.07. The molecule has 6 nitrogen and oxygen atoms in total. The lowest BCUT2D eigenvalue weighted by atomic mass is 10.2. The molecule has 1 N–H and O–H groups in total. The molecular formula is C13H15N3O3. The van der Waals surface area contributed by atoms with Crippen molar-refractivity contribution in [1.82, 2.24) is 10.2 Å². The second-order valence-electron chi connectivity index (χ2n) is 4.04. The van der Waals surface area contributed by atoms with Crippen molar-refractivity contribution in [2.24, 2.45) is 0 Å². The lowest BCUT2D eigenvalue weighted by Gasteiger charge is -2.15. The highest BCUT2D eigenvalue weighted by Crippen LogP contribution is 2.27. The van der Waals surface area contributed by atoms with Crippen LogP contribution in [0.1, 0.15) is 5.56 Å². The van der Waals surface area contributed by atoms with Crippen LogP contribution in [0.4, 0.5) is 4.79 Å². The van der Waals surface area contributed by atoms with Crippen molar-refractivity contribution in [3.8, 4) is 17.6 Å². The number of carbonyl (C=O) groups is 1. The summed E-state index contributed by atoms with van der Waals surface area (Å²) in [5.74, 6) is 1.09. The van der Waals surface area contributed by atoms with Gasteiger partial charge in [0.25, 0.3) is 0 Å². The number of carbonyl (C=O) groups excluding carboxylic acids is 1. The smallest absolute Gasteiger partial charge is 0.317 e. The fraction of sp³-hybridized carbons (Fsp3) is 0.385. The maximum absolute atomic E-state index is 11.3. The van der Waals surface area contributed by atoms with Gasteiger partial charge in [-0.1, -0.05) is 0 Å². The normalized spacial score (nSPS) is 13.9. The molecule has 1 heterocycles. The summed E-state index contributed by atoms with van der Waals surface area (Å²) < 4.78 is 10.7. The van der Waals surface area contributed by atoms with E-state index in [0.717, 1.165) is 0 Å². The summed E-state index contributed by atoms with van der Waals surface area (Å²) in [4.78, 5) is 13.0. The van der Waals surface area contributed by atoms with E-state index >= 15 is 0 Å². The van der Waals surface area contributed by atoms with Crippen LogP contribution in [0.2, 0.25) is 0 Å². The molecule has 100 valence electrons. The van der Waals surface area contributed by atoms with E-state index in [4.69, 9.17) is 14.7 Å². The minimum Gasteiger partial charge on any atom is -0.493 e. The van der Waals surface area contributed by atoms with E-state index in [0.29, 0.717) is 43.3 Å². The van der Waals surface area contributed by atoms with Crippen molar-refractivity contribution in [2.75, 3.05) is 33.4 Å². The number of urea groups is 1. The highest BCUT2D eigenvalue weighted by Gasteiger charge is 2.18. The molecule has 0 radical (unpaired) electrons. The Morgan fingerprint density at radius 1 is 1.47 bits per heavy atom. The number of benzene rings is 1. The summed E-state index contributed by atoms with van der Waals surface area (Å²) in [6.07, 6.45) is 0. The molecule has 1 aliphatic rings. The molecule has 1 aliphatic heterocycles. The fourth-order valence-corrected chi connectivity index (χ4v) is 1.85. The summed E-state index contributed by atoms with van der Waals surface area (Å²) in [6.45, 7) is 2.29. The van der Waals surface area contributed by atoms with Crippen molar-refractivity contribution in [3.05, 3.63) is 23.8 Å². The number of nitrogens with zero attached hydrogens (tertiary/aromatic N) is 2. The Kier molecular flexibility index (Phi) is 4.08. The maximum Gasteiger partial charge on any atom is 0.317 e. The Morgan fingerprint density at radius 2 is 2.32 bits per heavy atom. The van der Waals surface area contributed by atoms with E-state index < -0.39 is 0 Å². The fourth-order valence-electron chi connectivity index (χ4n) is 1.85. The number of ether oxygens (including phenoxy) is 2. The first-order chi connectivity index (χ1) is 9.24. The van der Waals surface area contributed by atoms with Crippen LogP contribution >= 0.6 is 0 Å². The van der Waals surface area contributed by atoms with Crippen LogP contribution in [-0.4, -0.2) is 44.3 Å². The summed E-state index contributed by atoms with van der Waals surface area (Å²) >= 11 is 0. The average molecular weight is 261 g/mol. The van der Waals surface area contributed by atoms with Gasteiger partial charge in [0, 0.05) is 19.2 Å². The summed E-state index contributed by atoms with van der Waals surface area (Å²) in [5, 5.41) is 11.5. The molecule has 2 rings (SSSR count). The zero-order chi connectivity index (χ0) is 13.7. The van der Waals surface area contributed by atoms with Crippen LogP contribution in [0.25, 0.3) is 0 Å². The molecule has 1 aromatic carbocycles. The van der Waals surface area contributed by atoms with Crippen LogP contribution in [0.5, 0.6) is 11.5 Å². The van der Waals surface area contributed by atoms with Crippen LogP contribution in [0, 0.1) is 11.3 Å². The topological polar surface area (TPSA) is 74.6 Å². The van der Waals surface area contributed by atoms with Gasteiger partial charge in [0.1, 0.15) is 6.61 Å². The minimum absolute atomic E-state index is 0.0598. The van der Waals surface area contributed by atoms with E-state index in [1.165, 1.54) is 7.11 Å². The number of hydrogen-bond acceptors (Lipinski definition) is 4. The molecule has 0 aliphatic carbocycles. The van der Waals surface area contributed by atoms with Gasteiger partial charge in [-0.25, -0.2) is 4.79 Å². The quantitative estimate of drug-likeness (QED) is 0.857. The summed E-state index contributed by atoms with van der Waals surface area (Å²) in [7, 11) is 1.53. The first kappa shape index (κ1) is 13.0. The number of amides is 2. The van der Waals surface area contributed by atoms with E-state index in [1.54, 1.807) is 23.1 Å². The molecule has 1 saturated heterocycles. The van der Waals surface area contributed by atoms with Crippen molar-refractivity contribution >= 4 is 6.03 Å². The predicted octanol–water partition coefficient (Wildman–Crippen LogP) is 0.971. The molecule has 19 heavy (non-hydrogen) atoms. The van der Waals surface area contributed by atoms with Crippen LogP contribution in [0.3, 0.4) is 0 Å². The van der Waals surface area contributed by atoms with Gasteiger partial charge in [-0.3, -0.25) is 0 Å². The third-order valence-corrected chi connectivity index (χ3v) is 2.86. The lowest BCUT2D eigenvalue weighted by Crippen LogP contribution is -2.31. The monoisotopic (exact) mass is 261 g/mol. The number of rotatable bonds is 5. The Balaban J connectivity index is 1.92. The highest BCUT2D eigenvalue weighted by molar-refractivity contribution is 5.76. The molecule has 0 saturated carbocycles. The van der Waals surface area contributed by atoms with Crippen molar-refractivity contribution in [1.29, 1.82) is 5.26 Å². The molecule has 0 bridgehead atoms. The zero-order valence-corrected chi connectivity index (χ0v) is 10.7. The molecule has 6 heteroatoms. The molecule has 1 fully saturated rings. The second kappa shape index (κ2) is 5.96. The summed E-state index contributed by atoms with van der Waals surface area (Å²) in [6, 6.07) is 6.96. The standard InChI is InChI=1S/C13H15N3O3/c1-18-12-8-10(9-14)2-3-11(12)19-7-6-16-5-4-15-13(16)17/h2-3,8H,4-7H2,1H3,(H,15,17). The molecule has 2 amide bonds. The van der Waals surface area contributed by atoms with Crippen LogP contribution in [-0.2, 0) is 0 Å². The number of hydrogen-bond donors (Lipinski definition) is 1.